The number of carbonyl (C=O) groups excluding carboxylic acids is 1. The molecule has 0 aromatic rings. The standard InChI is InChI=1S/C41H75NO2/c1-3-5-7-9-11-13-15-17-19-21-23-25-27-29-31-33-36-40(44-41(43)38-35-39-42)37-34-32-30-28-26-24-22-20-18-16-14-12-10-8-6-4-2/h11-14,17-20,40H,3-10,15-16,21-39,42H2,1-2H3/b13-11-,14-12-,19-17-,20-18-. The molecule has 0 rings (SSSR count). The highest BCUT2D eigenvalue weighted by molar-refractivity contribution is 5.69. The van der Waals surface area contributed by atoms with E-state index in [2.05, 4.69) is 62.5 Å². The Morgan fingerprint density at radius 2 is 0.864 bits per heavy atom. The van der Waals surface area contributed by atoms with E-state index >= 15 is 0 Å². The molecule has 0 aromatic heterocycles. The predicted molar refractivity (Wildman–Crippen MR) is 196 cm³/mol. The largest absolute Gasteiger partial charge is 0.462 e. The molecule has 3 heteroatoms. The van der Waals surface area contributed by atoms with E-state index in [1.807, 2.05) is 0 Å². The second-order valence-corrected chi connectivity index (χ2v) is 12.8. The minimum absolute atomic E-state index is 0.0551. The Morgan fingerprint density at radius 3 is 1.25 bits per heavy atom. The first-order chi connectivity index (χ1) is 21.7. The van der Waals surface area contributed by atoms with Gasteiger partial charge < -0.3 is 10.5 Å². The van der Waals surface area contributed by atoms with Crippen LogP contribution < -0.4 is 5.73 Å². The molecule has 2 N–H and O–H groups in total. The Hall–Kier alpha value is -1.61. The first kappa shape index (κ1) is 42.4. The molecule has 0 aliphatic carbocycles. The van der Waals surface area contributed by atoms with E-state index in [9.17, 15) is 4.79 Å². The summed E-state index contributed by atoms with van der Waals surface area (Å²) in [5, 5.41) is 0. The number of hydrogen-bond acceptors (Lipinski definition) is 3. The van der Waals surface area contributed by atoms with Crippen LogP contribution in [0, 0.1) is 0 Å². The molecule has 0 saturated carbocycles. The van der Waals surface area contributed by atoms with Gasteiger partial charge in [0.2, 0.25) is 0 Å². The monoisotopic (exact) mass is 614 g/mol. The highest BCUT2D eigenvalue weighted by atomic mass is 16.5. The topological polar surface area (TPSA) is 52.3 Å². The molecule has 0 heterocycles. The Balaban J connectivity index is 3.88. The van der Waals surface area contributed by atoms with Crippen molar-refractivity contribution in [3.8, 4) is 0 Å². The molecule has 0 bridgehead atoms. The highest BCUT2D eigenvalue weighted by Crippen LogP contribution is 2.18. The van der Waals surface area contributed by atoms with Gasteiger partial charge in [0.05, 0.1) is 0 Å². The zero-order chi connectivity index (χ0) is 32.0. The van der Waals surface area contributed by atoms with Crippen molar-refractivity contribution in [2.45, 2.75) is 200 Å². The van der Waals surface area contributed by atoms with Gasteiger partial charge in [0.1, 0.15) is 6.10 Å². The average molecular weight is 614 g/mol. The lowest BCUT2D eigenvalue weighted by Gasteiger charge is -2.18. The zero-order valence-corrected chi connectivity index (χ0v) is 29.6. The third-order valence-electron chi connectivity index (χ3n) is 8.34. The van der Waals surface area contributed by atoms with Crippen molar-refractivity contribution in [1.29, 1.82) is 0 Å². The van der Waals surface area contributed by atoms with Crippen molar-refractivity contribution in [2.75, 3.05) is 6.54 Å². The normalized spacial score (nSPS) is 12.3. The number of carbonyl (C=O) groups is 1. The van der Waals surface area contributed by atoms with E-state index in [0.717, 1.165) is 32.1 Å². The van der Waals surface area contributed by atoms with Crippen molar-refractivity contribution < 1.29 is 9.53 Å². The maximum absolute atomic E-state index is 12.3. The lowest BCUT2D eigenvalue weighted by Crippen LogP contribution is -2.19. The fraction of sp³-hybridized carbons (Fsp3) is 0.780. The van der Waals surface area contributed by atoms with Crippen molar-refractivity contribution in [1.82, 2.24) is 0 Å². The molecule has 0 radical (unpaired) electrons. The van der Waals surface area contributed by atoms with E-state index in [4.69, 9.17) is 10.5 Å². The summed E-state index contributed by atoms with van der Waals surface area (Å²) in [5.74, 6) is -0.0551. The smallest absolute Gasteiger partial charge is 0.306 e. The van der Waals surface area contributed by atoms with Gasteiger partial charge in [-0.15, -0.1) is 0 Å². The van der Waals surface area contributed by atoms with Crippen LogP contribution >= 0.6 is 0 Å². The van der Waals surface area contributed by atoms with E-state index < -0.39 is 0 Å². The van der Waals surface area contributed by atoms with E-state index in [-0.39, 0.29) is 12.1 Å². The van der Waals surface area contributed by atoms with Crippen LogP contribution in [0.2, 0.25) is 0 Å². The van der Waals surface area contributed by atoms with Gasteiger partial charge in [-0.3, -0.25) is 4.79 Å². The van der Waals surface area contributed by atoms with Crippen LogP contribution in [0.1, 0.15) is 194 Å². The molecule has 0 fully saturated rings. The number of rotatable bonds is 34. The minimum Gasteiger partial charge on any atom is -0.462 e. The lowest BCUT2D eigenvalue weighted by atomic mass is 10.0. The van der Waals surface area contributed by atoms with Gasteiger partial charge in [-0.05, 0) is 103 Å². The van der Waals surface area contributed by atoms with Crippen LogP contribution in [0.4, 0.5) is 0 Å². The third kappa shape index (κ3) is 34.9. The Bertz CT molecular complexity index is 645. The van der Waals surface area contributed by atoms with Crippen molar-refractivity contribution >= 4 is 5.97 Å². The average Bonchev–Trinajstić information content (AvgIpc) is 3.03. The molecule has 0 aromatic carbocycles. The molecular weight excluding hydrogens is 538 g/mol. The Morgan fingerprint density at radius 1 is 0.500 bits per heavy atom. The van der Waals surface area contributed by atoms with E-state index in [0.29, 0.717) is 13.0 Å². The summed E-state index contributed by atoms with van der Waals surface area (Å²) in [6.07, 6.45) is 52.3. The summed E-state index contributed by atoms with van der Waals surface area (Å²) in [5.41, 5.74) is 5.59. The second-order valence-electron chi connectivity index (χ2n) is 12.8. The highest BCUT2D eigenvalue weighted by Gasteiger charge is 2.14. The van der Waals surface area contributed by atoms with Crippen LogP contribution in [0.15, 0.2) is 48.6 Å². The zero-order valence-electron chi connectivity index (χ0n) is 29.6. The summed E-state index contributed by atoms with van der Waals surface area (Å²) in [7, 11) is 0. The molecule has 0 unspecified atom stereocenters. The summed E-state index contributed by atoms with van der Waals surface area (Å²) < 4.78 is 5.88. The fourth-order valence-electron chi connectivity index (χ4n) is 5.47. The van der Waals surface area contributed by atoms with Gasteiger partial charge in [-0.2, -0.15) is 0 Å². The molecule has 256 valence electrons. The second kappa shape index (κ2) is 37.6. The van der Waals surface area contributed by atoms with Crippen LogP contribution in [-0.2, 0) is 9.53 Å². The summed E-state index contributed by atoms with van der Waals surface area (Å²) in [6, 6.07) is 0. The molecule has 3 nitrogen and oxygen atoms in total. The third-order valence-corrected chi connectivity index (χ3v) is 8.34. The van der Waals surface area contributed by atoms with Gasteiger partial charge >= 0.3 is 5.97 Å². The minimum atomic E-state index is -0.0551. The van der Waals surface area contributed by atoms with Gasteiger partial charge in [0.15, 0.2) is 0 Å². The first-order valence-corrected chi connectivity index (χ1v) is 19.2. The molecule has 0 amide bonds. The number of allylic oxidation sites excluding steroid dienone is 8. The Kier molecular flexibility index (Phi) is 36.2. The number of hydrogen-bond donors (Lipinski definition) is 1. The summed E-state index contributed by atoms with van der Waals surface area (Å²) in [6.45, 7) is 5.07. The fourth-order valence-corrected chi connectivity index (χ4v) is 5.47. The molecule has 0 saturated heterocycles. The molecule has 0 aliphatic heterocycles. The summed E-state index contributed by atoms with van der Waals surface area (Å²) >= 11 is 0. The molecule has 0 spiro atoms. The number of unbranched alkanes of at least 4 members (excludes halogenated alkanes) is 18. The van der Waals surface area contributed by atoms with Crippen LogP contribution in [0.5, 0.6) is 0 Å². The van der Waals surface area contributed by atoms with Gasteiger partial charge in [0.25, 0.3) is 0 Å². The van der Waals surface area contributed by atoms with Crippen LogP contribution in [0.25, 0.3) is 0 Å². The first-order valence-electron chi connectivity index (χ1n) is 19.2. The molecular formula is C41H75NO2. The van der Waals surface area contributed by atoms with Gasteiger partial charge in [0, 0.05) is 6.42 Å². The molecule has 0 aliphatic rings. The van der Waals surface area contributed by atoms with E-state index in [1.165, 1.54) is 141 Å². The summed E-state index contributed by atoms with van der Waals surface area (Å²) in [4.78, 5) is 12.3. The SMILES string of the molecule is CCCCC/C=C\C/C=C\CCCCCCCCC(CCCCCCCC/C=C\C/C=C\CCCCC)OC(=O)CCCN. The van der Waals surface area contributed by atoms with Crippen LogP contribution in [0.3, 0.4) is 0 Å². The molecule has 44 heavy (non-hydrogen) atoms. The number of esters is 1. The Labute approximate surface area is 275 Å². The lowest BCUT2D eigenvalue weighted by molar-refractivity contribution is -0.150. The molecule has 0 atom stereocenters. The number of nitrogens with two attached hydrogens (primary N) is 1. The van der Waals surface area contributed by atoms with Crippen LogP contribution in [-0.4, -0.2) is 18.6 Å². The number of ether oxygens (including phenoxy) is 1. The van der Waals surface area contributed by atoms with Crippen molar-refractivity contribution in [3.05, 3.63) is 48.6 Å². The maximum atomic E-state index is 12.3. The maximum Gasteiger partial charge on any atom is 0.306 e. The van der Waals surface area contributed by atoms with Crippen molar-refractivity contribution in [2.24, 2.45) is 5.73 Å². The predicted octanol–water partition coefficient (Wildman–Crippen LogP) is 13.0. The van der Waals surface area contributed by atoms with Gasteiger partial charge in [-0.25, -0.2) is 0 Å². The van der Waals surface area contributed by atoms with E-state index in [1.54, 1.807) is 0 Å². The van der Waals surface area contributed by atoms with Crippen molar-refractivity contribution in [3.63, 3.8) is 0 Å². The quantitative estimate of drug-likeness (QED) is 0.0446. The van der Waals surface area contributed by atoms with Gasteiger partial charge in [-0.1, -0.05) is 140 Å².